The minimum atomic E-state index is -0.776. The second-order valence-corrected chi connectivity index (χ2v) is 5.40. The van der Waals surface area contributed by atoms with Crippen molar-refractivity contribution in [2.75, 3.05) is 0 Å². The smallest absolute Gasteiger partial charge is 0.303 e. The summed E-state index contributed by atoms with van der Waals surface area (Å²) >= 11 is 6.26. The molecule has 3 nitrogen and oxygen atoms in total. The zero-order valence-electron chi connectivity index (χ0n) is 11.9. The van der Waals surface area contributed by atoms with Gasteiger partial charge in [-0.1, -0.05) is 11.6 Å². The van der Waals surface area contributed by atoms with Gasteiger partial charge in [0.05, 0.1) is 6.10 Å². The van der Waals surface area contributed by atoms with Crippen LogP contribution in [0.5, 0.6) is 5.75 Å². The van der Waals surface area contributed by atoms with Crippen molar-refractivity contribution in [3.05, 3.63) is 27.8 Å². The van der Waals surface area contributed by atoms with E-state index in [1.165, 1.54) is 0 Å². The molecule has 0 fully saturated rings. The van der Waals surface area contributed by atoms with Crippen molar-refractivity contribution >= 4 is 17.6 Å². The highest BCUT2D eigenvalue weighted by Crippen LogP contribution is 2.33. The summed E-state index contributed by atoms with van der Waals surface area (Å²) in [6, 6.07) is 1.94. The van der Waals surface area contributed by atoms with Crippen LogP contribution in [0.15, 0.2) is 6.07 Å². The summed E-state index contributed by atoms with van der Waals surface area (Å²) in [5, 5.41) is 9.45. The Kier molecular flexibility index (Phi) is 5.67. The van der Waals surface area contributed by atoms with Crippen LogP contribution in [0.4, 0.5) is 0 Å². The molecule has 0 amide bonds. The Morgan fingerprint density at radius 1 is 1.42 bits per heavy atom. The van der Waals surface area contributed by atoms with Gasteiger partial charge in [-0.2, -0.15) is 0 Å². The molecule has 0 aliphatic heterocycles. The van der Waals surface area contributed by atoms with Gasteiger partial charge >= 0.3 is 5.97 Å². The van der Waals surface area contributed by atoms with E-state index in [0.717, 1.165) is 27.5 Å². The van der Waals surface area contributed by atoms with Gasteiger partial charge in [-0.25, -0.2) is 0 Å². The molecule has 1 rings (SSSR count). The average Bonchev–Trinajstić information content (AvgIpc) is 2.29. The summed E-state index contributed by atoms with van der Waals surface area (Å²) in [7, 11) is 0. The van der Waals surface area contributed by atoms with Gasteiger partial charge in [0.15, 0.2) is 0 Å². The molecule has 4 heteroatoms. The summed E-state index contributed by atoms with van der Waals surface area (Å²) in [5.74, 6) is 0.0435. The Balaban J connectivity index is 3.03. The van der Waals surface area contributed by atoms with E-state index in [9.17, 15) is 4.79 Å². The molecule has 1 N–H and O–H groups in total. The third-order valence-corrected chi connectivity index (χ3v) is 3.53. The van der Waals surface area contributed by atoms with Gasteiger partial charge in [0.1, 0.15) is 5.75 Å². The number of hydrogen-bond donors (Lipinski definition) is 1. The van der Waals surface area contributed by atoms with Gasteiger partial charge in [-0.15, -0.1) is 0 Å². The van der Waals surface area contributed by atoms with Crippen LogP contribution in [0.2, 0.25) is 5.02 Å². The third-order valence-electron chi connectivity index (χ3n) is 2.95. The lowest BCUT2D eigenvalue weighted by atomic mass is 9.99. The van der Waals surface area contributed by atoms with Crippen LogP contribution < -0.4 is 4.74 Å². The second-order valence-electron chi connectivity index (χ2n) is 5.02. The van der Waals surface area contributed by atoms with Gasteiger partial charge in [-0.3, -0.25) is 4.79 Å². The van der Waals surface area contributed by atoms with Crippen molar-refractivity contribution in [1.82, 2.24) is 0 Å². The number of benzene rings is 1. The molecule has 0 saturated carbocycles. The number of rotatable bonds is 6. The number of carbonyl (C=O) groups is 1. The maximum absolute atomic E-state index is 10.6. The molecule has 0 atom stereocenters. The highest BCUT2D eigenvalue weighted by molar-refractivity contribution is 6.32. The molecule has 19 heavy (non-hydrogen) atoms. The Bertz CT molecular complexity index is 467. The lowest BCUT2D eigenvalue weighted by Crippen LogP contribution is -2.09. The molecule has 0 aliphatic rings. The van der Waals surface area contributed by atoms with Crippen molar-refractivity contribution < 1.29 is 14.6 Å². The normalized spacial score (nSPS) is 10.8. The van der Waals surface area contributed by atoms with E-state index in [4.69, 9.17) is 21.4 Å². The van der Waals surface area contributed by atoms with Crippen LogP contribution >= 0.6 is 11.6 Å². The predicted molar refractivity (Wildman–Crippen MR) is 77.3 cm³/mol. The Labute approximate surface area is 119 Å². The van der Waals surface area contributed by atoms with E-state index in [2.05, 4.69) is 0 Å². The molecule has 0 spiro atoms. The Hall–Kier alpha value is -1.22. The average molecular weight is 285 g/mol. The highest BCUT2D eigenvalue weighted by atomic mass is 35.5. The first kappa shape index (κ1) is 15.8. The summed E-state index contributed by atoms with van der Waals surface area (Å²) in [6.07, 6.45) is 1.49. The maximum Gasteiger partial charge on any atom is 0.303 e. The second kappa shape index (κ2) is 6.80. The Morgan fingerprint density at radius 2 is 2.05 bits per heavy atom. The number of ether oxygens (including phenoxy) is 1. The van der Waals surface area contributed by atoms with Gasteiger partial charge in [0, 0.05) is 11.4 Å². The van der Waals surface area contributed by atoms with E-state index in [0.29, 0.717) is 12.8 Å². The lowest BCUT2D eigenvalue weighted by molar-refractivity contribution is -0.137. The van der Waals surface area contributed by atoms with Crippen LogP contribution in [-0.4, -0.2) is 17.2 Å². The van der Waals surface area contributed by atoms with E-state index in [-0.39, 0.29) is 12.5 Å². The zero-order chi connectivity index (χ0) is 14.6. The highest BCUT2D eigenvalue weighted by Gasteiger charge is 2.14. The quantitative estimate of drug-likeness (QED) is 0.853. The summed E-state index contributed by atoms with van der Waals surface area (Å²) in [4.78, 5) is 10.6. The molecule has 1 aromatic carbocycles. The molecular weight excluding hydrogens is 264 g/mol. The molecule has 0 aromatic heterocycles. The summed E-state index contributed by atoms with van der Waals surface area (Å²) in [5.41, 5.74) is 2.99. The largest absolute Gasteiger partial charge is 0.491 e. The molecule has 0 saturated heterocycles. The van der Waals surface area contributed by atoms with E-state index in [1.54, 1.807) is 0 Å². The van der Waals surface area contributed by atoms with E-state index >= 15 is 0 Å². The first-order valence-corrected chi connectivity index (χ1v) is 6.87. The minimum absolute atomic E-state index is 0.0817. The van der Waals surface area contributed by atoms with Crippen LogP contribution in [0.25, 0.3) is 0 Å². The van der Waals surface area contributed by atoms with Crippen LogP contribution in [0, 0.1) is 13.8 Å². The third kappa shape index (κ3) is 4.43. The van der Waals surface area contributed by atoms with Gasteiger partial charge < -0.3 is 9.84 Å². The van der Waals surface area contributed by atoms with Gasteiger partial charge in [0.2, 0.25) is 0 Å². The van der Waals surface area contributed by atoms with Crippen LogP contribution in [0.3, 0.4) is 0 Å². The number of carboxylic acid groups (broad SMARTS) is 1. The fraction of sp³-hybridized carbons (Fsp3) is 0.533. The van der Waals surface area contributed by atoms with Crippen molar-refractivity contribution in [2.45, 2.75) is 53.1 Å². The fourth-order valence-electron chi connectivity index (χ4n) is 2.05. The topological polar surface area (TPSA) is 46.5 Å². The maximum atomic E-state index is 10.6. The van der Waals surface area contributed by atoms with Crippen molar-refractivity contribution in [3.8, 4) is 5.75 Å². The standard InChI is InChI=1S/C15H21ClO3/c1-9(2)19-13-8-10(3)15(16)11(4)12(13)6-5-7-14(17)18/h8-9H,5-7H2,1-4H3,(H,17,18). The molecule has 0 bridgehead atoms. The van der Waals surface area contributed by atoms with Crippen LogP contribution in [-0.2, 0) is 11.2 Å². The molecule has 1 aromatic rings. The predicted octanol–water partition coefficient (Wildman–Crippen LogP) is 4.15. The number of aryl methyl sites for hydroxylation is 1. The molecule has 106 valence electrons. The van der Waals surface area contributed by atoms with Gasteiger partial charge in [0.25, 0.3) is 0 Å². The molecule has 0 aliphatic carbocycles. The van der Waals surface area contributed by atoms with Gasteiger partial charge in [-0.05, 0) is 63.3 Å². The lowest BCUT2D eigenvalue weighted by Gasteiger charge is -2.18. The molecular formula is C15H21ClO3. The molecule has 0 radical (unpaired) electrons. The fourth-order valence-corrected chi connectivity index (χ4v) is 2.21. The number of halogens is 1. The summed E-state index contributed by atoms with van der Waals surface area (Å²) in [6.45, 7) is 7.85. The monoisotopic (exact) mass is 284 g/mol. The van der Waals surface area contributed by atoms with Crippen molar-refractivity contribution in [3.63, 3.8) is 0 Å². The van der Waals surface area contributed by atoms with E-state index in [1.807, 2.05) is 33.8 Å². The van der Waals surface area contributed by atoms with E-state index < -0.39 is 5.97 Å². The zero-order valence-corrected chi connectivity index (χ0v) is 12.7. The van der Waals surface area contributed by atoms with Crippen molar-refractivity contribution in [1.29, 1.82) is 0 Å². The minimum Gasteiger partial charge on any atom is -0.491 e. The van der Waals surface area contributed by atoms with Crippen LogP contribution in [0.1, 0.15) is 43.4 Å². The summed E-state index contributed by atoms with van der Waals surface area (Å²) < 4.78 is 5.81. The van der Waals surface area contributed by atoms with Crippen molar-refractivity contribution in [2.24, 2.45) is 0 Å². The molecule has 0 unspecified atom stereocenters. The molecule has 0 heterocycles. The number of carboxylic acids is 1. The number of hydrogen-bond acceptors (Lipinski definition) is 2. The first-order valence-electron chi connectivity index (χ1n) is 6.50. The Morgan fingerprint density at radius 3 is 2.58 bits per heavy atom. The number of aliphatic carboxylic acids is 1. The first-order chi connectivity index (χ1) is 8.82. The SMILES string of the molecule is Cc1cc(OC(C)C)c(CCCC(=O)O)c(C)c1Cl.